The van der Waals surface area contributed by atoms with Gasteiger partial charge >= 0.3 is 24.1 Å². The zero-order valence-corrected chi connectivity index (χ0v) is 17.4. The highest BCUT2D eigenvalue weighted by atomic mass is 16.5. The monoisotopic (exact) mass is 447 g/mol. The van der Waals surface area contributed by atoms with Crippen LogP contribution < -0.4 is 26.6 Å². The Morgan fingerprint density at radius 1 is 0.935 bits per heavy atom. The Bertz CT molecular complexity index is 656. The van der Waals surface area contributed by atoms with E-state index in [0.717, 1.165) is 0 Å². The van der Waals surface area contributed by atoms with Gasteiger partial charge in [0.2, 0.25) is 11.8 Å². The lowest BCUT2D eigenvalue weighted by atomic mass is 10.1. The fraction of sp³-hybridized carbons (Fsp3) is 0.647. The first-order valence-corrected chi connectivity index (χ1v) is 9.51. The number of amides is 5. The fourth-order valence-electron chi connectivity index (χ4n) is 2.26. The molecule has 31 heavy (non-hydrogen) atoms. The molecule has 0 rings (SSSR count). The molecule has 2 atom stereocenters. The van der Waals surface area contributed by atoms with Crippen molar-refractivity contribution in [1.29, 1.82) is 0 Å². The van der Waals surface area contributed by atoms with Gasteiger partial charge in [-0.1, -0.05) is 0 Å². The number of rotatable bonds is 14. The predicted octanol–water partition coefficient (Wildman–Crippen LogP) is -1.64. The molecule has 14 heteroatoms. The number of hydrogen-bond acceptors (Lipinski definition) is 7. The van der Waals surface area contributed by atoms with Crippen LogP contribution in [0.25, 0.3) is 0 Å². The number of carbonyl (C=O) groups excluding carboxylic acids is 4. The van der Waals surface area contributed by atoms with Crippen LogP contribution in [-0.2, 0) is 23.9 Å². The second-order valence-electron chi connectivity index (χ2n) is 6.19. The summed E-state index contributed by atoms with van der Waals surface area (Å²) < 4.78 is 4.74. The van der Waals surface area contributed by atoms with Gasteiger partial charge in [0.1, 0.15) is 12.1 Å². The third-order valence-corrected chi connectivity index (χ3v) is 3.75. The number of alkyl carbamates (subject to hydrolysis) is 1. The molecule has 0 radical (unpaired) electrons. The lowest BCUT2D eigenvalue weighted by Crippen LogP contribution is -2.51. The summed E-state index contributed by atoms with van der Waals surface area (Å²) in [6.45, 7) is 1.38. The first-order valence-electron chi connectivity index (χ1n) is 9.51. The van der Waals surface area contributed by atoms with Crippen LogP contribution in [0.2, 0.25) is 0 Å². The maximum atomic E-state index is 12.4. The van der Waals surface area contributed by atoms with Crippen molar-refractivity contribution in [2.75, 3.05) is 26.7 Å². The van der Waals surface area contributed by atoms with Gasteiger partial charge in [0.15, 0.2) is 0 Å². The van der Waals surface area contributed by atoms with E-state index in [9.17, 15) is 28.8 Å². The van der Waals surface area contributed by atoms with Crippen molar-refractivity contribution in [3.8, 4) is 0 Å². The number of carboxylic acids is 2. The summed E-state index contributed by atoms with van der Waals surface area (Å²) in [6, 6.07) is -3.04. The number of carbonyl (C=O) groups is 6. The van der Waals surface area contributed by atoms with Gasteiger partial charge in [-0.3, -0.25) is 14.4 Å². The van der Waals surface area contributed by atoms with Crippen LogP contribution in [0.5, 0.6) is 0 Å². The van der Waals surface area contributed by atoms with Crippen molar-refractivity contribution in [3.05, 3.63) is 0 Å². The average Bonchev–Trinajstić information content (AvgIpc) is 2.69. The topological polar surface area (TPSA) is 212 Å². The van der Waals surface area contributed by atoms with E-state index < -0.39 is 54.9 Å². The Balaban J connectivity index is 4.70. The van der Waals surface area contributed by atoms with Gasteiger partial charge in [-0.25, -0.2) is 14.4 Å². The highest BCUT2D eigenvalue weighted by molar-refractivity contribution is 5.91. The van der Waals surface area contributed by atoms with Gasteiger partial charge < -0.3 is 41.5 Å². The Kier molecular flexibility index (Phi) is 13.5. The van der Waals surface area contributed by atoms with E-state index in [1.54, 1.807) is 6.92 Å². The maximum absolute atomic E-state index is 12.4. The zero-order valence-electron chi connectivity index (χ0n) is 17.4. The van der Waals surface area contributed by atoms with Crippen LogP contribution in [-0.4, -0.2) is 84.9 Å². The van der Waals surface area contributed by atoms with Crippen LogP contribution in [0.4, 0.5) is 9.59 Å². The number of urea groups is 1. The summed E-state index contributed by atoms with van der Waals surface area (Å²) in [7, 11) is 1.47. The van der Waals surface area contributed by atoms with E-state index in [0.29, 0.717) is 19.4 Å². The molecule has 176 valence electrons. The van der Waals surface area contributed by atoms with Crippen LogP contribution in [0.1, 0.15) is 32.6 Å². The molecular weight excluding hydrogens is 418 g/mol. The quantitative estimate of drug-likeness (QED) is 0.152. The summed E-state index contributed by atoms with van der Waals surface area (Å²) in [6.07, 6.45) is -0.522. The van der Waals surface area contributed by atoms with E-state index >= 15 is 0 Å². The minimum Gasteiger partial charge on any atom is -0.481 e. The Hall–Kier alpha value is -3.58. The zero-order chi connectivity index (χ0) is 23.8. The first kappa shape index (κ1) is 27.4. The second kappa shape index (κ2) is 15.3. The molecule has 0 spiro atoms. The number of aliphatic carboxylic acids is 2. The van der Waals surface area contributed by atoms with E-state index in [1.165, 1.54) is 7.05 Å². The van der Waals surface area contributed by atoms with Crippen molar-refractivity contribution >= 4 is 35.9 Å². The molecule has 0 bridgehead atoms. The third-order valence-electron chi connectivity index (χ3n) is 3.75. The number of nitrogens with one attached hydrogen (secondary N) is 5. The van der Waals surface area contributed by atoms with Gasteiger partial charge in [0, 0.05) is 13.6 Å². The molecule has 0 aromatic carbocycles. The smallest absolute Gasteiger partial charge is 0.407 e. The lowest BCUT2D eigenvalue weighted by molar-refractivity contribution is -0.147. The molecule has 0 aromatic heterocycles. The highest BCUT2D eigenvalue weighted by Crippen LogP contribution is 2.02. The second-order valence-corrected chi connectivity index (χ2v) is 6.19. The molecule has 0 aliphatic carbocycles. The molecular formula is C17H29N5O9. The van der Waals surface area contributed by atoms with E-state index in [1.807, 2.05) is 5.32 Å². The predicted molar refractivity (Wildman–Crippen MR) is 105 cm³/mol. The fourth-order valence-corrected chi connectivity index (χ4v) is 2.26. The third kappa shape index (κ3) is 13.3. The molecule has 5 amide bonds. The van der Waals surface area contributed by atoms with Gasteiger partial charge in [-0.2, -0.15) is 0 Å². The SMILES string of the molecule is CCOC(=O)NC(CCCCNC(=O)NC)C(=O)NCC(=O)NC(CC(=O)O)C(=O)O. The molecule has 14 nitrogen and oxygen atoms in total. The Morgan fingerprint density at radius 2 is 1.61 bits per heavy atom. The molecule has 0 aromatic rings. The Morgan fingerprint density at radius 3 is 2.16 bits per heavy atom. The summed E-state index contributed by atoms with van der Waals surface area (Å²) in [5, 5.41) is 29.1. The lowest BCUT2D eigenvalue weighted by Gasteiger charge is -2.18. The van der Waals surface area contributed by atoms with Gasteiger partial charge in [0.25, 0.3) is 0 Å². The number of carboxylic acid groups (broad SMARTS) is 2. The minimum absolute atomic E-state index is 0.0821. The summed E-state index contributed by atoms with van der Waals surface area (Å²) in [4.78, 5) is 68.6. The van der Waals surface area contributed by atoms with Crippen molar-refractivity contribution in [2.45, 2.75) is 44.7 Å². The van der Waals surface area contributed by atoms with Crippen molar-refractivity contribution in [2.24, 2.45) is 0 Å². The molecule has 0 saturated heterocycles. The van der Waals surface area contributed by atoms with Gasteiger partial charge in [-0.05, 0) is 26.2 Å². The van der Waals surface area contributed by atoms with Crippen molar-refractivity contribution in [3.63, 3.8) is 0 Å². The van der Waals surface area contributed by atoms with E-state index in [-0.39, 0.29) is 19.1 Å². The van der Waals surface area contributed by atoms with Crippen molar-refractivity contribution in [1.82, 2.24) is 26.6 Å². The van der Waals surface area contributed by atoms with Crippen LogP contribution in [0.3, 0.4) is 0 Å². The minimum atomic E-state index is -1.65. The van der Waals surface area contributed by atoms with Crippen LogP contribution in [0.15, 0.2) is 0 Å². The molecule has 0 aliphatic heterocycles. The molecule has 2 unspecified atom stereocenters. The molecule has 7 N–H and O–H groups in total. The Labute approximate surface area is 178 Å². The number of ether oxygens (including phenoxy) is 1. The maximum Gasteiger partial charge on any atom is 0.407 e. The molecule has 0 heterocycles. The summed E-state index contributed by atoms with van der Waals surface area (Å²) in [5.74, 6) is -4.57. The summed E-state index contributed by atoms with van der Waals surface area (Å²) in [5.41, 5.74) is 0. The van der Waals surface area contributed by atoms with E-state index in [2.05, 4.69) is 21.3 Å². The summed E-state index contributed by atoms with van der Waals surface area (Å²) >= 11 is 0. The largest absolute Gasteiger partial charge is 0.481 e. The number of hydrogen-bond donors (Lipinski definition) is 7. The van der Waals surface area contributed by atoms with Crippen LogP contribution in [0, 0.1) is 0 Å². The highest BCUT2D eigenvalue weighted by Gasteiger charge is 2.25. The van der Waals surface area contributed by atoms with Gasteiger partial charge in [0.05, 0.1) is 19.6 Å². The first-order chi connectivity index (χ1) is 14.6. The van der Waals surface area contributed by atoms with Crippen molar-refractivity contribution < 1.29 is 43.7 Å². The molecule has 0 aliphatic rings. The van der Waals surface area contributed by atoms with E-state index in [4.69, 9.17) is 14.9 Å². The molecule has 0 fully saturated rings. The standard InChI is InChI=1S/C17H29N5O9/c1-3-31-17(30)22-10(6-4-5-7-19-16(29)18-2)14(26)20-9-12(23)21-11(15(27)28)8-13(24)25/h10-11H,3-9H2,1-2H3,(H,20,26)(H,21,23)(H,22,30)(H,24,25)(H,27,28)(H2,18,19,29). The average molecular weight is 447 g/mol. The number of unbranched alkanes of at least 4 members (excludes halogenated alkanes) is 1. The molecule has 0 saturated carbocycles. The van der Waals surface area contributed by atoms with Crippen LogP contribution >= 0.6 is 0 Å². The normalized spacial score (nSPS) is 11.9. The van der Waals surface area contributed by atoms with Gasteiger partial charge in [-0.15, -0.1) is 0 Å².